The van der Waals surface area contributed by atoms with Crippen molar-refractivity contribution in [2.75, 3.05) is 6.54 Å². The summed E-state index contributed by atoms with van der Waals surface area (Å²) in [7, 11) is 0. The summed E-state index contributed by atoms with van der Waals surface area (Å²) >= 11 is 1.70. The highest BCUT2D eigenvalue weighted by Gasteiger charge is 2.29. The van der Waals surface area contributed by atoms with E-state index in [1.807, 2.05) is 18.2 Å². The van der Waals surface area contributed by atoms with Crippen molar-refractivity contribution in [2.24, 2.45) is 5.73 Å². The van der Waals surface area contributed by atoms with Gasteiger partial charge in [0.2, 0.25) is 5.89 Å². The Morgan fingerprint density at radius 1 is 1.32 bits per heavy atom. The topological polar surface area (TPSA) is 64.9 Å². The molecule has 1 heterocycles. The van der Waals surface area contributed by atoms with Gasteiger partial charge in [0, 0.05) is 11.4 Å². The molecule has 1 unspecified atom stereocenters. The van der Waals surface area contributed by atoms with Crippen LogP contribution in [0.25, 0.3) is 0 Å². The van der Waals surface area contributed by atoms with E-state index in [1.165, 1.54) is 4.90 Å². The Morgan fingerprint density at radius 3 is 2.68 bits per heavy atom. The van der Waals surface area contributed by atoms with Gasteiger partial charge in [0.15, 0.2) is 5.82 Å². The van der Waals surface area contributed by atoms with Gasteiger partial charge in [-0.15, -0.1) is 11.8 Å². The van der Waals surface area contributed by atoms with Gasteiger partial charge < -0.3 is 10.3 Å². The van der Waals surface area contributed by atoms with Crippen molar-refractivity contribution in [3.05, 3.63) is 42.0 Å². The van der Waals surface area contributed by atoms with Gasteiger partial charge >= 0.3 is 0 Å². The highest BCUT2D eigenvalue weighted by molar-refractivity contribution is 7.98. The number of nitrogens with two attached hydrogens (primary N) is 1. The second-order valence-corrected chi connectivity index (χ2v) is 5.78. The van der Waals surface area contributed by atoms with Crippen LogP contribution in [0.15, 0.2) is 39.8 Å². The molecule has 1 atom stereocenters. The van der Waals surface area contributed by atoms with Crippen LogP contribution in [0.3, 0.4) is 0 Å². The van der Waals surface area contributed by atoms with Crippen LogP contribution in [-0.2, 0) is 11.2 Å². The van der Waals surface area contributed by atoms with Crippen molar-refractivity contribution in [3.8, 4) is 0 Å². The molecule has 0 radical (unpaired) electrons. The van der Waals surface area contributed by atoms with Gasteiger partial charge in [0.1, 0.15) is 0 Å². The van der Waals surface area contributed by atoms with Crippen LogP contribution >= 0.6 is 11.8 Å². The normalized spacial score (nSPS) is 14.3. The zero-order valence-electron chi connectivity index (χ0n) is 11.3. The fourth-order valence-corrected chi connectivity index (χ4v) is 2.37. The number of hydrogen-bond donors (Lipinski definition) is 1. The van der Waals surface area contributed by atoms with E-state index in [1.54, 1.807) is 11.8 Å². The van der Waals surface area contributed by atoms with Crippen LogP contribution in [0.4, 0.5) is 0 Å². The van der Waals surface area contributed by atoms with Crippen molar-refractivity contribution < 1.29 is 4.52 Å². The first-order valence-corrected chi connectivity index (χ1v) is 7.37. The predicted molar refractivity (Wildman–Crippen MR) is 77.0 cm³/mol. The van der Waals surface area contributed by atoms with Crippen molar-refractivity contribution >= 4 is 11.8 Å². The Bertz CT molecular complexity index is 508. The van der Waals surface area contributed by atoms with E-state index in [0.29, 0.717) is 18.2 Å². The molecule has 4 nitrogen and oxygen atoms in total. The maximum absolute atomic E-state index is 5.79. The summed E-state index contributed by atoms with van der Waals surface area (Å²) in [6, 6.07) is 10.2. The minimum atomic E-state index is -0.220. The number of benzene rings is 1. The van der Waals surface area contributed by atoms with Crippen molar-refractivity contribution in [2.45, 2.75) is 36.3 Å². The zero-order valence-corrected chi connectivity index (χ0v) is 12.1. The van der Waals surface area contributed by atoms with E-state index in [-0.39, 0.29) is 5.41 Å². The SMILES string of the molecule is CCC(C)(CN)c1nc(CSc2ccccc2)no1. The zero-order chi connectivity index (χ0) is 13.7. The molecule has 0 saturated heterocycles. The number of hydrogen-bond acceptors (Lipinski definition) is 5. The van der Waals surface area contributed by atoms with Crippen molar-refractivity contribution in [1.29, 1.82) is 0 Å². The highest BCUT2D eigenvalue weighted by atomic mass is 32.2. The molecule has 0 saturated carbocycles. The van der Waals surface area contributed by atoms with Gasteiger partial charge in [0.05, 0.1) is 11.2 Å². The fraction of sp³-hybridized carbons (Fsp3) is 0.429. The lowest BCUT2D eigenvalue weighted by Gasteiger charge is -2.20. The Morgan fingerprint density at radius 2 is 2.05 bits per heavy atom. The molecule has 0 aliphatic rings. The molecule has 2 aromatic rings. The van der Waals surface area contributed by atoms with Crippen LogP contribution in [0.2, 0.25) is 0 Å². The first-order chi connectivity index (χ1) is 9.18. The number of aromatic nitrogens is 2. The van der Waals surface area contributed by atoms with Crippen LogP contribution in [0, 0.1) is 0 Å². The summed E-state index contributed by atoms with van der Waals surface area (Å²) in [6.07, 6.45) is 0.886. The number of rotatable bonds is 6. The molecule has 19 heavy (non-hydrogen) atoms. The monoisotopic (exact) mass is 277 g/mol. The summed E-state index contributed by atoms with van der Waals surface area (Å²) < 4.78 is 5.35. The van der Waals surface area contributed by atoms with E-state index in [0.717, 1.165) is 12.2 Å². The summed E-state index contributed by atoms with van der Waals surface area (Å²) in [4.78, 5) is 5.66. The van der Waals surface area contributed by atoms with Gasteiger partial charge in [-0.25, -0.2) is 0 Å². The lowest BCUT2D eigenvalue weighted by molar-refractivity contribution is 0.289. The molecule has 0 amide bonds. The average Bonchev–Trinajstić information content (AvgIpc) is 2.95. The van der Waals surface area contributed by atoms with Crippen molar-refractivity contribution in [3.63, 3.8) is 0 Å². The standard InChI is InChI=1S/C14H19N3OS/c1-3-14(2,10-15)13-16-12(17-18-13)9-19-11-7-5-4-6-8-11/h4-8H,3,9-10,15H2,1-2H3. The molecule has 102 valence electrons. The van der Waals surface area contributed by atoms with Gasteiger partial charge in [-0.2, -0.15) is 4.98 Å². The molecule has 0 fully saturated rings. The molecule has 1 aromatic heterocycles. The molecule has 2 rings (SSSR count). The molecule has 5 heteroatoms. The maximum atomic E-state index is 5.79. The third-order valence-electron chi connectivity index (χ3n) is 3.33. The number of nitrogens with zero attached hydrogens (tertiary/aromatic N) is 2. The lowest BCUT2D eigenvalue weighted by atomic mass is 9.88. The van der Waals surface area contributed by atoms with Crippen LogP contribution < -0.4 is 5.73 Å². The Labute approximate surface area is 117 Å². The lowest BCUT2D eigenvalue weighted by Crippen LogP contribution is -2.31. The van der Waals surface area contributed by atoms with Gasteiger partial charge in [-0.1, -0.05) is 30.3 Å². The molecule has 0 aliphatic heterocycles. The van der Waals surface area contributed by atoms with E-state index in [2.05, 4.69) is 36.1 Å². The second-order valence-electron chi connectivity index (χ2n) is 4.74. The molecular formula is C14H19N3OS. The van der Waals surface area contributed by atoms with E-state index >= 15 is 0 Å². The summed E-state index contributed by atoms with van der Waals surface area (Å²) in [5, 5.41) is 4.03. The van der Waals surface area contributed by atoms with Crippen LogP contribution in [-0.4, -0.2) is 16.7 Å². The molecule has 0 aliphatic carbocycles. The minimum absolute atomic E-state index is 0.220. The predicted octanol–water partition coefficient (Wildman–Crippen LogP) is 2.99. The van der Waals surface area contributed by atoms with Crippen LogP contribution in [0.5, 0.6) is 0 Å². The van der Waals surface area contributed by atoms with Gasteiger partial charge in [-0.05, 0) is 25.5 Å². The van der Waals surface area contributed by atoms with Gasteiger partial charge in [0.25, 0.3) is 0 Å². The molecule has 1 aromatic carbocycles. The van der Waals surface area contributed by atoms with Gasteiger partial charge in [-0.3, -0.25) is 0 Å². The van der Waals surface area contributed by atoms with E-state index in [9.17, 15) is 0 Å². The average molecular weight is 277 g/mol. The summed E-state index contributed by atoms with van der Waals surface area (Å²) in [5.74, 6) is 2.07. The largest absolute Gasteiger partial charge is 0.339 e. The summed E-state index contributed by atoms with van der Waals surface area (Å²) in [6.45, 7) is 4.64. The fourth-order valence-electron chi connectivity index (χ4n) is 1.61. The smallest absolute Gasteiger partial charge is 0.233 e. The third kappa shape index (κ3) is 3.36. The second kappa shape index (κ2) is 6.21. The molecule has 0 spiro atoms. The first kappa shape index (κ1) is 14.1. The summed E-state index contributed by atoms with van der Waals surface area (Å²) in [5.41, 5.74) is 5.57. The highest BCUT2D eigenvalue weighted by Crippen LogP contribution is 2.26. The Balaban J connectivity index is 2.02. The number of thioether (sulfide) groups is 1. The molecule has 0 bridgehead atoms. The minimum Gasteiger partial charge on any atom is -0.339 e. The first-order valence-electron chi connectivity index (χ1n) is 6.39. The third-order valence-corrected chi connectivity index (χ3v) is 4.33. The van der Waals surface area contributed by atoms with E-state index in [4.69, 9.17) is 10.3 Å². The molecule has 2 N–H and O–H groups in total. The van der Waals surface area contributed by atoms with E-state index < -0.39 is 0 Å². The Hall–Kier alpha value is -1.33. The van der Waals surface area contributed by atoms with Crippen LogP contribution in [0.1, 0.15) is 32.0 Å². The Kier molecular flexibility index (Phi) is 4.61. The molecular weight excluding hydrogens is 258 g/mol. The quantitative estimate of drug-likeness (QED) is 0.822. The van der Waals surface area contributed by atoms with Crippen molar-refractivity contribution in [1.82, 2.24) is 10.1 Å². The maximum Gasteiger partial charge on any atom is 0.233 e.